The lowest BCUT2D eigenvalue weighted by molar-refractivity contribution is 0.0572. The maximum Gasteiger partial charge on any atom is 0.253 e. The summed E-state index contributed by atoms with van der Waals surface area (Å²) in [5.41, 5.74) is 2.36. The summed E-state index contributed by atoms with van der Waals surface area (Å²) in [6.45, 7) is 3.81. The standard InChI is InChI=1S/C14H18N2O2/c1-14(18)5-7-16(9-14)13(17)11-2-3-12-10(8-11)4-6-15-12/h2-3,8,15,18H,4-7,9H2,1H3. The van der Waals surface area contributed by atoms with Gasteiger partial charge < -0.3 is 15.3 Å². The largest absolute Gasteiger partial charge is 0.388 e. The molecule has 96 valence electrons. The van der Waals surface area contributed by atoms with Crippen molar-refractivity contribution < 1.29 is 9.90 Å². The Labute approximate surface area is 107 Å². The topological polar surface area (TPSA) is 52.6 Å². The molecule has 2 aliphatic rings. The number of amides is 1. The van der Waals surface area contributed by atoms with Crippen molar-refractivity contribution in [3.8, 4) is 0 Å². The number of fused-ring (bicyclic) bond motifs is 1. The first-order chi connectivity index (χ1) is 8.55. The van der Waals surface area contributed by atoms with Crippen LogP contribution in [0, 0.1) is 0 Å². The van der Waals surface area contributed by atoms with E-state index in [1.807, 2.05) is 18.2 Å². The summed E-state index contributed by atoms with van der Waals surface area (Å²) in [6.07, 6.45) is 1.64. The molecule has 2 heterocycles. The molecule has 3 rings (SSSR count). The van der Waals surface area contributed by atoms with Crippen molar-refractivity contribution in [2.75, 3.05) is 25.0 Å². The van der Waals surface area contributed by atoms with E-state index in [1.54, 1.807) is 11.8 Å². The molecule has 4 heteroatoms. The van der Waals surface area contributed by atoms with Crippen LogP contribution in [0.2, 0.25) is 0 Å². The molecule has 1 amide bonds. The Hall–Kier alpha value is -1.55. The highest BCUT2D eigenvalue weighted by molar-refractivity contribution is 5.95. The third-order valence-corrected chi connectivity index (χ3v) is 3.80. The van der Waals surface area contributed by atoms with Gasteiger partial charge in [0.1, 0.15) is 0 Å². The predicted molar refractivity (Wildman–Crippen MR) is 69.8 cm³/mol. The van der Waals surface area contributed by atoms with Crippen molar-refractivity contribution in [1.82, 2.24) is 4.90 Å². The first-order valence-electron chi connectivity index (χ1n) is 6.44. The summed E-state index contributed by atoms with van der Waals surface area (Å²) in [7, 11) is 0. The molecule has 0 aliphatic carbocycles. The van der Waals surface area contributed by atoms with Gasteiger partial charge in [-0.05, 0) is 43.5 Å². The van der Waals surface area contributed by atoms with Crippen molar-refractivity contribution in [2.24, 2.45) is 0 Å². The van der Waals surface area contributed by atoms with E-state index in [0.29, 0.717) is 19.5 Å². The number of nitrogens with zero attached hydrogens (tertiary/aromatic N) is 1. The lowest BCUT2D eigenvalue weighted by Gasteiger charge is -2.19. The minimum atomic E-state index is -0.728. The number of anilines is 1. The minimum absolute atomic E-state index is 0.0301. The molecular weight excluding hydrogens is 228 g/mol. The van der Waals surface area contributed by atoms with Gasteiger partial charge in [-0.25, -0.2) is 0 Å². The SMILES string of the molecule is CC1(O)CCN(C(=O)c2ccc3c(c2)CCN3)C1. The lowest BCUT2D eigenvalue weighted by Crippen LogP contribution is -2.33. The van der Waals surface area contributed by atoms with Crippen LogP contribution in [0.1, 0.15) is 29.3 Å². The van der Waals surface area contributed by atoms with Crippen LogP contribution >= 0.6 is 0 Å². The first kappa shape index (κ1) is 11.5. The maximum atomic E-state index is 12.3. The van der Waals surface area contributed by atoms with Crippen LogP contribution in [0.4, 0.5) is 5.69 Å². The Kier molecular flexibility index (Phi) is 2.55. The Balaban J connectivity index is 1.81. The fourth-order valence-electron chi connectivity index (χ4n) is 2.74. The number of β-amino-alcohol motifs (C(OH)–C–C–N with tert-alkyl or cyclic N) is 1. The highest BCUT2D eigenvalue weighted by Crippen LogP contribution is 2.26. The second-order valence-corrected chi connectivity index (χ2v) is 5.52. The molecule has 1 fully saturated rings. The average molecular weight is 246 g/mol. The van der Waals surface area contributed by atoms with Gasteiger partial charge in [0.05, 0.1) is 5.60 Å². The van der Waals surface area contributed by atoms with E-state index in [-0.39, 0.29) is 5.91 Å². The first-order valence-corrected chi connectivity index (χ1v) is 6.44. The van der Waals surface area contributed by atoms with E-state index in [2.05, 4.69) is 5.32 Å². The molecule has 18 heavy (non-hydrogen) atoms. The van der Waals surface area contributed by atoms with Crippen LogP contribution in [0.15, 0.2) is 18.2 Å². The highest BCUT2D eigenvalue weighted by Gasteiger charge is 2.34. The van der Waals surface area contributed by atoms with Gasteiger partial charge in [0.25, 0.3) is 5.91 Å². The summed E-state index contributed by atoms with van der Waals surface area (Å²) in [6, 6.07) is 5.82. The molecule has 0 radical (unpaired) electrons. The number of hydrogen-bond donors (Lipinski definition) is 2. The molecule has 0 spiro atoms. The molecule has 1 aromatic rings. The molecule has 1 saturated heterocycles. The third-order valence-electron chi connectivity index (χ3n) is 3.80. The van der Waals surface area contributed by atoms with Crippen LogP contribution in [-0.4, -0.2) is 41.1 Å². The predicted octanol–water partition coefficient (Wildman–Crippen LogP) is 1.25. The van der Waals surface area contributed by atoms with Crippen LogP contribution in [0.5, 0.6) is 0 Å². The normalized spacial score (nSPS) is 26.0. The van der Waals surface area contributed by atoms with Gasteiger partial charge in [0.2, 0.25) is 0 Å². The summed E-state index contributed by atoms with van der Waals surface area (Å²) < 4.78 is 0. The van der Waals surface area contributed by atoms with Gasteiger partial charge in [0, 0.05) is 30.9 Å². The Morgan fingerprint density at radius 2 is 2.33 bits per heavy atom. The molecule has 1 aromatic carbocycles. The van der Waals surface area contributed by atoms with E-state index in [0.717, 1.165) is 24.2 Å². The fraction of sp³-hybridized carbons (Fsp3) is 0.500. The van der Waals surface area contributed by atoms with Crippen molar-refractivity contribution in [2.45, 2.75) is 25.4 Å². The van der Waals surface area contributed by atoms with E-state index in [1.165, 1.54) is 5.56 Å². The zero-order valence-electron chi connectivity index (χ0n) is 10.6. The van der Waals surface area contributed by atoms with Crippen LogP contribution < -0.4 is 5.32 Å². The average Bonchev–Trinajstić information content (AvgIpc) is 2.93. The third kappa shape index (κ3) is 1.97. The summed E-state index contributed by atoms with van der Waals surface area (Å²) in [4.78, 5) is 14.1. The van der Waals surface area contributed by atoms with E-state index in [4.69, 9.17) is 0 Å². The molecule has 0 aromatic heterocycles. The van der Waals surface area contributed by atoms with Gasteiger partial charge in [-0.1, -0.05) is 0 Å². The van der Waals surface area contributed by atoms with E-state index >= 15 is 0 Å². The zero-order valence-corrected chi connectivity index (χ0v) is 10.6. The van der Waals surface area contributed by atoms with Gasteiger partial charge >= 0.3 is 0 Å². The number of carbonyl (C=O) groups is 1. The van der Waals surface area contributed by atoms with Crippen molar-refractivity contribution in [1.29, 1.82) is 0 Å². The molecular formula is C14H18N2O2. The maximum absolute atomic E-state index is 12.3. The molecule has 0 bridgehead atoms. The molecule has 2 aliphatic heterocycles. The smallest absolute Gasteiger partial charge is 0.253 e. The number of likely N-dealkylation sites (tertiary alicyclic amines) is 1. The van der Waals surface area contributed by atoms with Crippen LogP contribution in [-0.2, 0) is 6.42 Å². The number of hydrogen-bond acceptors (Lipinski definition) is 3. The number of carbonyl (C=O) groups excluding carboxylic acids is 1. The Morgan fingerprint density at radius 1 is 1.50 bits per heavy atom. The second kappa shape index (κ2) is 3.99. The Morgan fingerprint density at radius 3 is 3.06 bits per heavy atom. The second-order valence-electron chi connectivity index (χ2n) is 5.52. The minimum Gasteiger partial charge on any atom is -0.388 e. The number of benzene rings is 1. The quantitative estimate of drug-likeness (QED) is 0.784. The number of nitrogens with one attached hydrogen (secondary N) is 1. The van der Waals surface area contributed by atoms with Crippen LogP contribution in [0.3, 0.4) is 0 Å². The molecule has 2 N–H and O–H groups in total. The van der Waals surface area contributed by atoms with Gasteiger partial charge in [-0.2, -0.15) is 0 Å². The number of rotatable bonds is 1. The monoisotopic (exact) mass is 246 g/mol. The van der Waals surface area contributed by atoms with Gasteiger partial charge in [0.15, 0.2) is 0 Å². The fourth-order valence-corrected chi connectivity index (χ4v) is 2.74. The van der Waals surface area contributed by atoms with E-state index in [9.17, 15) is 9.90 Å². The highest BCUT2D eigenvalue weighted by atomic mass is 16.3. The van der Waals surface area contributed by atoms with Gasteiger partial charge in [-0.3, -0.25) is 4.79 Å². The number of aliphatic hydroxyl groups is 1. The van der Waals surface area contributed by atoms with Crippen LogP contribution in [0.25, 0.3) is 0 Å². The molecule has 1 atom stereocenters. The zero-order chi connectivity index (χ0) is 12.8. The van der Waals surface area contributed by atoms with Crippen molar-refractivity contribution in [3.63, 3.8) is 0 Å². The molecule has 1 unspecified atom stereocenters. The molecule has 4 nitrogen and oxygen atoms in total. The van der Waals surface area contributed by atoms with E-state index < -0.39 is 5.60 Å². The van der Waals surface area contributed by atoms with Crippen molar-refractivity contribution in [3.05, 3.63) is 29.3 Å². The summed E-state index contributed by atoms with van der Waals surface area (Å²) >= 11 is 0. The summed E-state index contributed by atoms with van der Waals surface area (Å²) in [5, 5.41) is 13.2. The summed E-state index contributed by atoms with van der Waals surface area (Å²) in [5.74, 6) is 0.0301. The van der Waals surface area contributed by atoms with Gasteiger partial charge in [-0.15, -0.1) is 0 Å². The molecule has 0 saturated carbocycles. The lowest BCUT2D eigenvalue weighted by atomic mass is 10.1. The Bertz CT molecular complexity index is 497. The van der Waals surface area contributed by atoms with Crippen molar-refractivity contribution >= 4 is 11.6 Å².